The van der Waals surface area contributed by atoms with Crippen LogP contribution in [0.25, 0.3) is 16.7 Å². The number of nitrogens with zero attached hydrogens (tertiary/aromatic N) is 5. The molecule has 3 aromatic rings. The normalized spacial score (nSPS) is 10.6. The average molecular weight is 274 g/mol. The van der Waals surface area contributed by atoms with Gasteiger partial charge in [0.1, 0.15) is 0 Å². The van der Waals surface area contributed by atoms with Crippen LogP contribution in [0, 0.1) is 0 Å². The van der Waals surface area contributed by atoms with E-state index in [0.29, 0.717) is 16.6 Å². The zero-order chi connectivity index (χ0) is 13.2. The third-order valence-corrected chi connectivity index (χ3v) is 2.85. The summed E-state index contributed by atoms with van der Waals surface area (Å²) in [5, 5.41) is 14.8. The Balaban J connectivity index is 2.11. The molecule has 1 aromatic carbocycles. The molecule has 0 saturated heterocycles. The number of rotatable bonds is 2. The molecule has 8 nitrogen and oxygen atoms in total. The van der Waals surface area contributed by atoms with Crippen molar-refractivity contribution in [2.45, 2.75) is 0 Å². The van der Waals surface area contributed by atoms with Crippen LogP contribution in [0.3, 0.4) is 0 Å². The highest BCUT2D eigenvalue weighted by atomic mass is 32.1. The van der Waals surface area contributed by atoms with Crippen LogP contribution < -0.4 is 16.2 Å². The van der Waals surface area contributed by atoms with E-state index in [-0.39, 0.29) is 0 Å². The Morgan fingerprint density at radius 1 is 1.32 bits per heavy atom. The van der Waals surface area contributed by atoms with Crippen LogP contribution in [0.5, 0.6) is 0 Å². The van der Waals surface area contributed by atoms with Gasteiger partial charge in [0, 0.05) is 7.05 Å². The number of anilines is 1. The number of tetrazole rings is 1. The fourth-order valence-corrected chi connectivity index (χ4v) is 1.72. The first kappa shape index (κ1) is 11.5. The standard InChI is InChI=1S/C10H10N8S/c1-11-10(19)15-13-8-9-14-16-17-18(9)7-5-3-2-4-6(7)12-8/h2-5H,1H3,(H,12,13)(H2,11,15,19). The van der Waals surface area contributed by atoms with E-state index >= 15 is 0 Å². The van der Waals surface area contributed by atoms with E-state index in [0.717, 1.165) is 11.0 Å². The van der Waals surface area contributed by atoms with E-state index < -0.39 is 0 Å². The van der Waals surface area contributed by atoms with Crippen molar-refractivity contribution in [3.8, 4) is 0 Å². The van der Waals surface area contributed by atoms with Gasteiger partial charge in [-0.05, 0) is 34.8 Å². The van der Waals surface area contributed by atoms with Crippen molar-refractivity contribution in [3.63, 3.8) is 0 Å². The van der Waals surface area contributed by atoms with Crippen molar-refractivity contribution in [1.29, 1.82) is 0 Å². The molecule has 3 N–H and O–H groups in total. The quantitative estimate of drug-likeness (QED) is 0.447. The lowest BCUT2D eigenvalue weighted by atomic mass is 10.3. The second kappa shape index (κ2) is 4.61. The third kappa shape index (κ3) is 1.99. The van der Waals surface area contributed by atoms with Gasteiger partial charge in [0.25, 0.3) is 0 Å². The zero-order valence-corrected chi connectivity index (χ0v) is 10.8. The number of para-hydroxylation sites is 2. The van der Waals surface area contributed by atoms with Gasteiger partial charge in [-0.2, -0.15) is 4.52 Å². The van der Waals surface area contributed by atoms with Crippen LogP contribution >= 0.6 is 12.2 Å². The maximum atomic E-state index is 4.98. The molecule has 9 heteroatoms. The molecule has 3 rings (SSSR count). The zero-order valence-electron chi connectivity index (χ0n) is 9.95. The Labute approximate surface area is 113 Å². The van der Waals surface area contributed by atoms with Crippen LogP contribution in [0.4, 0.5) is 5.82 Å². The van der Waals surface area contributed by atoms with Crippen molar-refractivity contribution in [2.75, 3.05) is 12.5 Å². The van der Waals surface area contributed by atoms with Gasteiger partial charge in [-0.25, -0.2) is 4.98 Å². The van der Waals surface area contributed by atoms with Crippen LogP contribution in [0.2, 0.25) is 0 Å². The smallest absolute Gasteiger partial charge is 0.224 e. The van der Waals surface area contributed by atoms with Gasteiger partial charge in [0.2, 0.25) is 5.65 Å². The minimum absolute atomic E-state index is 0.445. The fraction of sp³-hybridized carbons (Fsp3) is 0.100. The molecule has 0 amide bonds. The molecule has 0 saturated carbocycles. The van der Waals surface area contributed by atoms with Crippen LogP contribution in [-0.4, -0.2) is 37.2 Å². The van der Waals surface area contributed by atoms with Gasteiger partial charge in [-0.3, -0.25) is 10.9 Å². The maximum absolute atomic E-state index is 4.98. The first-order valence-electron chi connectivity index (χ1n) is 5.50. The Morgan fingerprint density at radius 3 is 3.00 bits per heavy atom. The van der Waals surface area contributed by atoms with Crippen molar-refractivity contribution >= 4 is 39.8 Å². The second-order valence-corrected chi connectivity index (χ2v) is 4.10. The summed E-state index contributed by atoms with van der Waals surface area (Å²) in [4.78, 5) is 4.46. The highest BCUT2D eigenvalue weighted by molar-refractivity contribution is 7.80. The number of hydrazine groups is 1. The summed E-state index contributed by atoms with van der Waals surface area (Å²) < 4.78 is 1.62. The SMILES string of the molecule is CNC(=S)NNc1nc2ccccc2n2nnnc12. The van der Waals surface area contributed by atoms with Crippen LogP contribution in [-0.2, 0) is 0 Å². The minimum atomic E-state index is 0.445. The molecule has 0 aliphatic rings. The molecule has 0 fully saturated rings. The Morgan fingerprint density at radius 2 is 2.16 bits per heavy atom. The molecule has 0 spiro atoms. The van der Waals surface area contributed by atoms with E-state index in [2.05, 4.69) is 36.7 Å². The summed E-state index contributed by atoms with van der Waals surface area (Å²) in [6.45, 7) is 0. The summed E-state index contributed by atoms with van der Waals surface area (Å²) in [6.07, 6.45) is 0. The van der Waals surface area contributed by atoms with Gasteiger partial charge < -0.3 is 5.32 Å². The lowest BCUT2D eigenvalue weighted by Crippen LogP contribution is -2.37. The number of hydrogen-bond acceptors (Lipinski definition) is 6. The molecule has 0 unspecified atom stereocenters. The predicted octanol–water partition coefficient (Wildman–Crippen LogP) is 0.0933. The van der Waals surface area contributed by atoms with Crippen molar-refractivity contribution < 1.29 is 0 Å². The Hall–Kier alpha value is -2.55. The molecule has 0 aliphatic heterocycles. The molecular formula is C10H10N8S. The number of fused-ring (bicyclic) bond motifs is 3. The molecule has 0 atom stereocenters. The monoisotopic (exact) mass is 274 g/mol. The second-order valence-electron chi connectivity index (χ2n) is 3.69. The fourth-order valence-electron chi connectivity index (χ4n) is 1.67. The number of thiocarbonyl (C=S) groups is 1. The topological polar surface area (TPSA) is 92.1 Å². The Kier molecular flexibility index (Phi) is 2.80. The van der Waals surface area contributed by atoms with Crippen molar-refractivity contribution in [2.24, 2.45) is 0 Å². The lowest BCUT2D eigenvalue weighted by molar-refractivity contribution is 0.840. The van der Waals surface area contributed by atoms with E-state index in [1.165, 1.54) is 0 Å². The molecule has 0 aliphatic carbocycles. The minimum Gasteiger partial charge on any atom is -0.364 e. The number of aromatic nitrogens is 5. The number of hydrogen-bond donors (Lipinski definition) is 3. The van der Waals surface area contributed by atoms with Gasteiger partial charge in [0.05, 0.1) is 11.0 Å². The highest BCUT2D eigenvalue weighted by Crippen LogP contribution is 2.17. The van der Waals surface area contributed by atoms with E-state index in [9.17, 15) is 0 Å². The molecule has 96 valence electrons. The molecule has 0 bridgehead atoms. The van der Waals surface area contributed by atoms with Gasteiger partial charge in [0.15, 0.2) is 10.9 Å². The third-order valence-electron chi connectivity index (χ3n) is 2.54. The number of nitrogens with one attached hydrogen (secondary N) is 3. The molecule has 2 heterocycles. The van der Waals surface area contributed by atoms with Crippen molar-refractivity contribution in [1.82, 2.24) is 35.8 Å². The molecule has 2 aromatic heterocycles. The summed E-state index contributed by atoms with van der Waals surface area (Å²) in [6, 6.07) is 7.60. The molecule has 0 radical (unpaired) electrons. The van der Waals surface area contributed by atoms with Crippen LogP contribution in [0.1, 0.15) is 0 Å². The van der Waals surface area contributed by atoms with Gasteiger partial charge in [-0.15, -0.1) is 5.10 Å². The largest absolute Gasteiger partial charge is 0.364 e. The van der Waals surface area contributed by atoms with Gasteiger partial charge >= 0.3 is 0 Å². The number of benzene rings is 1. The summed E-state index contributed by atoms with van der Waals surface area (Å²) in [5.74, 6) is 0.501. The lowest BCUT2D eigenvalue weighted by Gasteiger charge is -2.10. The van der Waals surface area contributed by atoms with E-state index in [4.69, 9.17) is 12.2 Å². The Bertz CT molecular complexity index is 751. The summed E-state index contributed by atoms with van der Waals surface area (Å²) >= 11 is 4.98. The highest BCUT2D eigenvalue weighted by Gasteiger charge is 2.10. The summed E-state index contributed by atoms with van der Waals surface area (Å²) in [5.41, 5.74) is 7.82. The first-order valence-corrected chi connectivity index (χ1v) is 5.91. The summed E-state index contributed by atoms with van der Waals surface area (Å²) in [7, 11) is 1.72. The van der Waals surface area contributed by atoms with Gasteiger partial charge in [-0.1, -0.05) is 12.1 Å². The van der Waals surface area contributed by atoms with Crippen molar-refractivity contribution in [3.05, 3.63) is 24.3 Å². The maximum Gasteiger partial charge on any atom is 0.224 e. The molecular weight excluding hydrogens is 264 g/mol. The van der Waals surface area contributed by atoms with E-state index in [1.54, 1.807) is 11.6 Å². The predicted molar refractivity (Wildman–Crippen MR) is 74.5 cm³/mol. The van der Waals surface area contributed by atoms with Crippen LogP contribution in [0.15, 0.2) is 24.3 Å². The molecule has 19 heavy (non-hydrogen) atoms. The first-order chi connectivity index (χ1) is 9.29. The van der Waals surface area contributed by atoms with E-state index in [1.807, 2.05) is 24.3 Å². The average Bonchev–Trinajstić information content (AvgIpc) is 2.94.